The Bertz CT molecular complexity index is 1090. The lowest BCUT2D eigenvalue weighted by Crippen LogP contribution is -1.90. The number of nitrogens with zero attached hydrogens (tertiary/aromatic N) is 2. The average molecular weight is 345 g/mol. The Hall–Kier alpha value is -2.59. The first-order valence-electron chi connectivity index (χ1n) is 8.62. The predicted molar refractivity (Wildman–Crippen MR) is 106 cm³/mol. The number of aromatic nitrogens is 2. The van der Waals surface area contributed by atoms with E-state index in [0.717, 1.165) is 23.6 Å². The fourth-order valence-electron chi connectivity index (χ4n) is 3.61. The highest BCUT2D eigenvalue weighted by molar-refractivity contribution is 7.17. The van der Waals surface area contributed by atoms with E-state index in [1.807, 2.05) is 0 Å². The molecule has 3 heterocycles. The molecule has 0 fully saturated rings. The Kier molecular flexibility index (Phi) is 3.22. The van der Waals surface area contributed by atoms with E-state index in [1.165, 1.54) is 38.5 Å². The minimum absolute atomic E-state index is 1.04. The van der Waals surface area contributed by atoms with Gasteiger partial charge in [0, 0.05) is 28.9 Å². The summed E-state index contributed by atoms with van der Waals surface area (Å²) in [5.74, 6) is 0. The number of thiazole rings is 1. The highest BCUT2D eigenvalue weighted by Gasteiger charge is 2.16. The first-order chi connectivity index (χ1) is 12.2. The van der Waals surface area contributed by atoms with Crippen LogP contribution in [0.4, 0.5) is 5.69 Å². The van der Waals surface area contributed by atoms with Crippen molar-refractivity contribution in [3.05, 3.63) is 64.7 Å². The molecule has 1 aliphatic heterocycles. The number of imidazole rings is 1. The summed E-state index contributed by atoms with van der Waals surface area (Å²) in [4.78, 5) is 7.25. The van der Waals surface area contributed by atoms with Gasteiger partial charge >= 0.3 is 0 Å². The SMILES string of the molecule is Cc1ccc(-c2c(C)sc3nc(-c4ccc5c(c4)CCN5)cn23)cc1. The quantitative estimate of drug-likeness (QED) is 0.533. The summed E-state index contributed by atoms with van der Waals surface area (Å²) in [7, 11) is 0. The summed E-state index contributed by atoms with van der Waals surface area (Å²) in [5, 5.41) is 3.42. The van der Waals surface area contributed by atoms with Gasteiger partial charge < -0.3 is 5.32 Å². The van der Waals surface area contributed by atoms with Gasteiger partial charge in [0.1, 0.15) is 0 Å². The van der Waals surface area contributed by atoms with Gasteiger partial charge in [-0.25, -0.2) is 4.98 Å². The second-order valence-electron chi connectivity index (χ2n) is 6.70. The van der Waals surface area contributed by atoms with Crippen LogP contribution in [-0.2, 0) is 6.42 Å². The molecule has 0 atom stereocenters. The van der Waals surface area contributed by atoms with Crippen LogP contribution in [0.25, 0.3) is 27.5 Å². The standard InChI is InChI=1S/C21H19N3S/c1-13-3-5-15(6-4-13)20-14(2)25-21-23-19(12-24(20)21)16-7-8-18-17(11-16)9-10-22-18/h3-8,11-12,22H,9-10H2,1-2H3. The minimum atomic E-state index is 1.04. The molecule has 0 radical (unpaired) electrons. The number of hydrogen-bond donors (Lipinski definition) is 1. The van der Waals surface area contributed by atoms with E-state index in [0.29, 0.717) is 0 Å². The van der Waals surface area contributed by atoms with Crippen LogP contribution in [0.1, 0.15) is 16.0 Å². The van der Waals surface area contributed by atoms with Gasteiger partial charge in [0.15, 0.2) is 4.96 Å². The summed E-state index contributed by atoms with van der Waals surface area (Å²) in [6.07, 6.45) is 3.28. The summed E-state index contributed by atoms with van der Waals surface area (Å²) in [5.41, 5.74) is 8.69. The van der Waals surface area contributed by atoms with Crippen LogP contribution in [0.5, 0.6) is 0 Å². The van der Waals surface area contributed by atoms with E-state index in [2.05, 4.69) is 72.2 Å². The smallest absolute Gasteiger partial charge is 0.194 e. The molecular formula is C21H19N3S. The Labute approximate surface area is 151 Å². The molecule has 0 saturated heterocycles. The van der Waals surface area contributed by atoms with Crippen molar-refractivity contribution in [2.24, 2.45) is 0 Å². The molecule has 5 rings (SSSR count). The number of nitrogens with one attached hydrogen (secondary N) is 1. The van der Waals surface area contributed by atoms with E-state index in [4.69, 9.17) is 4.98 Å². The van der Waals surface area contributed by atoms with Crippen molar-refractivity contribution < 1.29 is 0 Å². The van der Waals surface area contributed by atoms with Gasteiger partial charge in [-0.3, -0.25) is 4.40 Å². The van der Waals surface area contributed by atoms with Crippen LogP contribution in [-0.4, -0.2) is 15.9 Å². The van der Waals surface area contributed by atoms with E-state index < -0.39 is 0 Å². The molecule has 1 N–H and O–H groups in total. The number of anilines is 1. The third-order valence-corrected chi connectivity index (χ3v) is 5.90. The maximum Gasteiger partial charge on any atom is 0.194 e. The number of benzene rings is 2. The van der Waals surface area contributed by atoms with Crippen molar-refractivity contribution in [1.29, 1.82) is 0 Å². The molecule has 124 valence electrons. The number of hydrogen-bond acceptors (Lipinski definition) is 3. The van der Waals surface area contributed by atoms with Crippen LogP contribution in [0.3, 0.4) is 0 Å². The summed E-state index contributed by atoms with van der Waals surface area (Å²) in [6.45, 7) is 5.33. The topological polar surface area (TPSA) is 29.3 Å². The van der Waals surface area contributed by atoms with Crippen molar-refractivity contribution in [2.75, 3.05) is 11.9 Å². The van der Waals surface area contributed by atoms with Gasteiger partial charge in [0.2, 0.25) is 0 Å². The van der Waals surface area contributed by atoms with Gasteiger partial charge in [0.25, 0.3) is 0 Å². The van der Waals surface area contributed by atoms with E-state index in [9.17, 15) is 0 Å². The fourth-order valence-corrected chi connectivity index (χ4v) is 4.58. The molecule has 0 spiro atoms. The van der Waals surface area contributed by atoms with Crippen molar-refractivity contribution in [2.45, 2.75) is 20.3 Å². The van der Waals surface area contributed by atoms with Crippen molar-refractivity contribution in [3.8, 4) is 22.5 Å². The molecule has 0 bridgehead atoms. The summed E-state index contributed by atoms with van der Waals surface area (Å²) >= 11 is 1.76. The van der Waals surface area contributed by atoms with Gasteiger partial charge in [-0.2, -0.15) is 0 Å². The lowest BCUT2D eigenvalue weighted by molar-refractivity contribution is 1.11. The lowest BCUT2D eigenvalue weighted by atomic mass is 10.1. The Morgan fingerprint density at radius 1 is 1.04 bits per heavy atom. The summed E-state index contributed by atoms with van der Waals surface area (Å²) < 4.78 is 2.24. The first-order valence-corrected chi connectivity index (χ1v) is 9.43. The van der Waals surface area contributed by atoms with Crippen LogP contribution in [0.15, 0.2) is 48.7 Å². The molecule has 0 unspecified atom stereocenters. The van der Waals surface area contributed by atoms with Crippen LogP contribution >= 0.6 is 11.3 Å². The first kappa shape index (κ1) is 14.7. The zero-order chi connectivity index (χ0) is 17.0. The van der Waals surface area contributed by atoms with E-state index >= 15 is 0 Å². The van der Waals surface area contributed by atoms with Crippen LogP contribution in [0, 0.1) is 13.8 Å². The van der Waals surface area contributed by atoms with E-state index in [1.54, 1.807) is 11.3 Å². The van der Waals surface area contributed by atoms with E-state index in [-0.39, 0.29) is 0 Å². The average Bonchev–Trinajstić information content (AvgIpc) is 3.29. The molecule has 1 aliphatic rings. The van der Waals surface area contributed by atoms with Crippen LogP contribution in [0.2, 0.25) is 0 Å². The van der Waals surface area contributed by atoms with Gasteiger partial charge in [-0.15, -0.1) is 11.3 Å². The third kappa shape index (κ3) is 2.36. The lowest BCUT2D eigenvalue weighted by Gasteiger charge is -2.04. The second-order valence-corrected chi connectivity index (χ2v) is 7.88. The second kappa shape index (κ2) is 5.46. The molecular weight excluding hydrogens is 326 g/mol. The van der Waals surface area contributed by atoms with Gasteiger partial charge in [-0.1, -0.05) is 35.9 Å². The molecule has 0 amide bonds. The fraction of sp³-hybridized carbons (Fsp3) is 0.190. The highest BCUT2D eigenvalue weighted by Crippen LogP contribution is 2.34. The number of rotatable bonds is 2. The monoisotopic (exact) mass is 345 g/mol. The molecule has 4 aromatic rings. The van der Waals surface area contributed by atoms with Crippen LogP contribution < -0.4 is 5.32 Å². The zero-order valence-corrected chi connectivity index (χ0v) is 15.2. The molecule has 0 aliphatic carbocycles. The summed E-state index contributed by atoms with van der Waals surface area (Å²) in [6, 6.07) is 15.4. The maximum absolute atomic E-state index is 4.89. The number of aryl methyl sites for hydroxylation is 2. The molecule has 3 nitrogen and oxygen atoms in total. The Morgan fingerprint density at radius 2 is 1.84 bits per heavy atom. The van der Waals surface area contributed by atoms with Crippen molar-refractivity contribution >= 4 is 22.0 Å². The third-order valence-electron chi connectivity index (χ3n) is 4.93. The molecule has 2 aromatic heterocycles. The van der Waals surface area contributed by atoms with Crippen molar-refractivity contribution in [3.63, 3.8) is 0 Å². The van der Waals surface area contributed by atoms with Gasteiger partial charge in [-0.05, 0) is 43.5 Å². The Morgan fingerprint density at radius 3 is 2.68 bits per heavy atom. The molecule has 0 saturated carbocycles. The Balaban J connectivity index is 1.64. The predicted octanol–water partition coefficient (Wildman–Crippen LogP) is 5.31. The highest BCUT2D eigenvalue weighted by atomic mass is 32.1. The molecule has 2 aromatic carbocycles. The molecule has 25 heavy (non-hydrogen) atoms. The number of fused-ring (bicyclic) bond motifs is 2. The van der Waals surface area contributed by atoms with Gasteiger partial charge in [0.05, 0.1) is 11.4 Å². The molecule has 4 heteroatoms. The van der Waals surface area contributed by atoms with Crippen molar-refractivity contribution in [1.82, 2.24) is 9.38 Å². The largest absolute Gasteiger partial charge is 0.384 e. The maximum atomic E-state index is 4.89. The minimum Gasteiger partial charge on any atom is -0.384 e. The zero-order valence-electron chi connectivity index (χ0n) is 14.3. The normalized spacial score (nSPS) is 13.2.